The predicted molar refractivity (Wildman–Crippen MR) is 110 cm³/mol. The van der Waals surface area contributed by atoms with E-state index in [0.717, 1.165) is 16.6 Å². The van der Waals surface area contributed by atoms with Crippen LogP contribution < -0.4 is 0 Å². The number of aromatic nitrogens is 3. The maximum atomic E-state index is 13.4. The molecule has 0 saturated heterocycles. The van der Waals surface area contributed by atoms with E-state index in [1.54, 1.807) is 35.5 Å². The SMILES string of the molecule is O=C(c1cccc2cn[nH]c12)N(Cc1ccc(Cl)c(Cl)c1)Cc1ccccn1. The molecule has 0 bridgehead atoms. The van der Waals surface area contributed by atoms with Crippen LogP contribution in [0.5, 0.6) is 0 Å². The molecule has 140 valence electrons. The summed E-state index contributed by atoms with van der Waals surface area (Å²) in [6.07, 6.45) is 3.42. The van der Waals surface area contributed by atoms with E-state index in [0.29, 0.717) is 34.2 Å². The van der Waals surface area contributed by atoms with Crippen LogP contribution in [-0.4, -0.2) is 26.0 Å². The summed E-state index contributed by atoms with van der Waals surface area (Å²) in [5.41, 5.74) is 2.96. The first-order chi connectivity index (χ1) is 13.6. The second-order valence-corrected chi connectivity index (χ2v) is 7.18. The molecule has 2 aromatic heterocycles. The Morgan fingerprint density at radius 2 is 1.89 bits per heavy atom. The fourth-order valence-corrected chi connectivity index (χ4v) is 3.38. The van der Waals surface area contributed by atoms with E-state index in [1.165, 1.54) is 0 Å². The second-order valence-electron chi connectivity index (χ2n) is 6.37. The van der Waals surface area contributed by atoms with Crippen LogP contribution in [0.25, 0.3) is 10.9 Å². The average molecular weight is 411 g/mol. The number of nitrogens with zero attached hydrogens (tertiary/aromatic N) is 3. The van der Waals surface area contributed by atoms with Crippen molar-refractivity contribution in [2.75, 3.05) is 0 Å². The number of carbonyl (C=O) groups excluding carboxylic acids is 1. The highest BCUT2D eigenvalue weighted by atomic mass is 35.5. The zero-order valence-electron chi connectivity index (χ0n) is 14.8. The van der Waals surface area contributed by atoms with Gasteiger partial charge in [-0.05, 0) is 35.9 Å². The third-order valence-corrected chi connectivity index (χ3v) is 5.17. The van der Waals surface area contributed by atoms with Crippen molar-refractivity contribution in [3.63, 3.8) is 0 Å². The van der Waals surface area contributed by atoms with E-state index in [9.17, 15) is 4.79 Å². The van der Waals surface area contributed by atoms with Gasteiger partial charge >= 0.3 is 0 Å². The van der Waals surface area contributed by atoms with Crippen LogP contribution in [0.4, 0.5) is 0 Å². The number of hydrogen-bond acceptors (Lipinski definition) is 3. The lowest BCUT2D eigenvalue weighted by atomic mass is 10.1. The predicted octanol–water partition coefficient (Wildman–Crippen LogP) is 5.11. The highest BCUT2D eigenvalue weighted by molar-refractivity contribution is 6.42. The number of nitrogens with one attached hydrogen (secondary N) is 1. The first kappa shape index (κ1) is 18.5. The zero-order valence-corrected chi connectivity index (χ0v) is 16.3. The molecule has 2 aromatic carbocycles. The van der Waals surface area contributed by atoms with Crippen molar-refractivity contribution in [2.45, 2.75) is 13.1 Å². The minimum absolute atomic E-state index is 0.119. The number of carbonyl (C=O) groups is 1. The van der Waals surface area contributed by atoms with E-state index in [-0.39, 0.29) is 5.91 Å². The third kappa shape index (κ3) is 3.86. The van der Waals surface area contributed by atoms with Gasteiger partial charge in [-0.25, -0.2) is 0 Å². The van der Waals surface area contributed by atoms with Crippen LogP contribution in [0.1, 0.15) is 21.6 Å². The minimum Gasteiger partial charge on any atom is -0.328 e. The van der Waals surface area contributed by atoms with Crippen molar-refractivity contribution in [3.8, 4) is 0 Å². The van der Waals surface area contributed by atoms with Gasteiger partial charge in [-0.3, -0.25) is 14.9 Å². The molecule has 5 nitrogen and oxygen atoms in total. The van der Waals surface area contributed by atoms with E-state index in [1.807, 2.05) is 36.4 Å². The molecule has 0 aliphatic heterocycles. The summed E-state index contributed by atoms with van der Waals surface area (Å²) >= 11 is 12.2. The van der Waals surface area contributed by atoms with Crippen molar-refractivity contribution < 1.29 is 4.79 Å². The normalized spacial score (nSPS) is 10.9. The molecule has 0 saturated carbocycles. The van der Waals surface area contributed by atoms with Crippen molar-refractivity contribution in [3.05, 3.63) is 93.9 Å². The van der Waals surface area contributed by atoms with Crippen molar-refractivity contribution in [1.82, 2.24) is 20.1 Å². The number of benzene rings is 2. The summed E-state index contributed by atoms with van der Waals surface area (Å²) in [5.74, 6) is -0.119. The Balaban J connectivity index is 1.70. The lowest BCUT2D eigenvalue weighted by Gasteiger charge is -2.23. The number of para-hydroxylation sites is 1. The third-order valence-electron chi connectivity index (χ3n) is 4.43. The monoisotopic (exact) mass is 410 g/mol. The Labute approximate surface area is 171 Å². The van der Waals surface area contributed by atoms with Gasteiger partial charge in [0.25, 0.3) is 5.91 Å². The summed E-state index contributed by atoms with van der Waals surface area (Å²) < 4.78 is 0. The van der Waals surface area contributed by atoms with Crippen LogP contribution in [0.2, 0.25) is 10.0 Å². The number of pyridine rings is 1. The van der Waals surface area contributed by atoms with E-state index in [4.69, 9.17) is 23.2 Å². The second kappa shape index (κ2) is 8.00. The van der Waals surface area contributed by atoms with Gasteiger partial charge in [0.05, 0.1) is 39.6 Å². The Morgan fingerprint density at radius 1 is 1.00 bits per heavy atom. The van der Waals surface area contributed by atoms with E-state index < -0.39 is 0 Å². The van der Waals surface area contributed by atoms with Gasteiger partial charge in [0.2, 0.25) is 0 Å². The van der Waals surface area contributed by atoms with Crippen LogP contribution >= 0.6 is 23.2 Å². The summed E-state index contributed by atoms with van der Waals surface area (Å²) in [7, 11) is 0. The van der Waals surface area contributed by atoms with Crippen LogP contribution in [-0.2, 0) is 13.1 Å². The molecular weight excluding hydrogens is 395 g/mol. The molecule has 0 atom stereocenters. The Kier molecular flexibility index (Phi) is 5.28. The molecule has 0 radical (unpaired) electrons. The summed E-state index contributed by atoms with van der Waals surface area (Å²) in [6, 6.07) is 16.6. The molecule has 4 rings (SSSR count). The highest BCUT2D eigenvalue weighted by Gasteiger charge is 2.20. The van der Waals surface area contributed by atoms with Crippen molar-refractivity contribution >= 4 is 40.0 Å². The van der Waals surface area contributed by atoms with Gasteiger partial charge in [0, 0.05) is 18.1 Å². The quantitative estimate of drug-likeness (QED) is 0.497. The van der Waals surface area contributed by atoms with E-state index >= 15 is 0 Å². The molecule has 1 amide bonds. The molecule has 0 fully saturated rings. The maximum absolute atomic E-state index is 13.4. The van der Waals surface area contributed by atoms with Crippen molar-refractivity contribution in [1.29, 1.82) is 0 Å². The van der Waals surface area contributed by atoms with Gasteiger partial charge in [-0.15, -0.1) is 0 Å². The standard InChI is InChI=1S/C21H16Cl2N4O/c22-18-8-7-14(10-19(18)23)12-27(13-16-5-1-2-9-24-16)21(28)17-6-3-4-15-11-25-26-20(15)17/h1-11H,12-13H2,(H,25,26). The summed E-state index contributed by atoms with van der Waals surface area (Å²) in [4.78, 5) is 19.5. The average Bonchev–Trinajstić information content (AvgIpc) is 3.19. The molecule has 0 unspecified atom stereocenters. The van der Waals surface area contributed by atoms with Gasteiger partial charge in [0.1, 0.15) is 0 Å². The number of fused-ring (bicyclic) bond motifs is 1. The summed E-state index contributed by atoms with van der Waals surface area (Å²) in [6.45, 7) is 0.737. The van der Waals surface area contributed by atoms with Crippen LogP contribution in [0.15, 0.2) is 67.0 Å². The number of halogens is 2. The number of H-pyrrole nitrogens is 1. The first-order valence-corrected chi connectivity index (χ1v) is 9.42. The molecule has 0 aliphatic carbocycles. The maximum Gasteiger partial charge on any atom is 0.256 e. The molecule has 28 heavy (non-hydrogen) atoms. The lowest BCUT2D eigenvalue weighted by molar-refractivity contribution is 0.0729. The molecule has 1 N–H and O–H groups in total. The van der Waals surface area contributed by atoms with Gasteiger partial charge in [-0.2, -0.15) is 5.10 Å². The van der Waals surface area contributed by atoms with Crippen molar-refractivity contribution in [2.24, 2.45) is 0 Å². The topological polar surface area (TPSA) is 61.9 Å². The molecule has 0 spiro atoms. The fourth-order valence-electron chi connectivity index (χ4n) is 3.06. The Bertz CT molecular complexity index is 1130. The van der Waals surface area contributed by atoms with Gasteiger partial charge in [-0.1, -0.05) is 47.5 Å². The van der Waals surface area contributed by atoms with Gasteiger partial charge in [0.15, 0.2) is 0 Å². The number of amides is 1. The fraction of sp³-hybridized carbons (Fsp3) is 0.0952. The molecule has 7 heteroatoms. The number of aromatic amines is 1. The molecule has 2 heterocycles. The zero-order chi connectivity index (χ0) is 19.5. The van der Waals surface area contributed by atoms with E-state index in [2.05, 4.69) is 15.2 Å². The minimum atomic E-state index is -0.119. The Morgan fingerprint density at radius 3 is 2.68 bits per heavy atom. The highest BCUT2D eigenvalue weighted by Crippen LogP contribution is 2.25. The van der Waals surface area contributed by atoms with Crippen LogP contribution in [0.3, 0.4) is 0 Å². The molecular formula is C21H16Cl2N4O. The molecule has 4 aromatic rings. The van der Waals surface area contributed by atoms with Gasteiger partial charge < -0.3 is 4.90 Å². The lowest BCUT2D eigenvalue weighted by Crippen LogP contribution is -2.30. The number of rotatable bonds is 5. The summed E-state index contributed by atoms with van der Waals surface area (Å²) in [5, 5.41) is 8.80. The first-order valence-electron chi connectivity index (χ1n) is 8.67. The molecule has 0 aliphatic rings. The van der Waals surface area contributed by atoms with Crippen LogP contribution in [0, 0.1) is 0 Å². The number of hydrogen-bond donors (Lipinski definition) is 1. The Hall–Kier alpha value is -2.89. The largest absolute Gasteiger partial charge is 0.328 e. The smallest absolute Gasteiger partial charge is 0.256 e.